The van der Waals surface area contributed by atoms with Crippen LogP contribution in [0.25, 0.3) is 10.4 Å². The third kappa shape index (κ3) is 2.49. The number of hydrogen-bond acceptors (Lipinski definition) is 5. The number of carbonyl (C=O) groups excluding carboxylic acids is 1. The van der Waals surface area contributed by atoms with Crippen LogP contribution in [0.1, 0.15) is 11.9 Å². The molecule has 7 atom stereocenters. The quantitative estimate of drug-likeness (QED) is 0.480. The van der Waals surface area contributed by atoms with Crippen LogP contribution >= 0.6 is 0 Å². The van der Waals surface area contributed by atoms with E-state index in [2.05, 4.69) is 10.0 Å². The molecule has 0 radical (unpaired) electrons. The van der Waals surface area contributed by atoms with Gasteiger partial charge in [-0.05, 0) is 10.6 Å². The Hall–Kier alpha value is -1.96. The van der Waals surface area contributed by atoms with Crippen LogP contribution in [-0.4, -0.2) is 38.1 Å². The summed E-state index contributed by atoms with van der Waals surface area (Å²) in [7, 11) is 1.53. The Labute approximate surface area is 138 Å². The zero-order valence-electron chi connectivity index (χ0n) is 13.0. The van der Waals surface area contributed by atoms with Crippen LogP contribution < -0.4 is 0 Å². The van der Waals surface area contributed by atoms with Crippen LogP contribution in [-0.2, 0) is 23.7 Å². The van der Waals surface area contributed by atoms with E-state index in [1.807, 2.05) is 30.3 Å². The van der Waals surface area contributed by atoms with Crippen molar-refractivity contribution in [1.82, 2.24) is 0 Å². The fourth-order valence-corrected chi connectivity index (χ4v) is 3.84. The van der Waals surface area contributed by atoms with Crippen molar-refractivity contribution >= 4 is 5.91 Å². The zero-order chi connectivity index (χ0) is 16.7. The number of hydrogen-bond donors (Lipinski definition) is 0. The molecule has 3 fully saturated rings. The number of azide groups is 1. The van der Waals surface area contributed by atoms with Crippen LogP contribution in [0.5, 0.6) is 0 Å². The Bertz CT molecular complexity index is 678. The smallest absolute Gasteiger partial charge is 0.222 e. The van der Waals surface area contributed by atoms with Gasteiger partial charge in [0, 0.05) is 35.3 Å². The summed E-state index contributed by atoms with van der Waals surface area (Å²) in [6, 6.07) is 9.62. The highest BCUT2D eigenvalue weighted by atomic mass is 16.7. The summed E-state index contributed by atoms with van der Waals surface area (Å²) in [5.41, 5.74) is 9.43. The molecule has 4 rings (SSSR count). The fourth-order valence-electron chi connectivity index (χ4n) is 3.84. The Kier molecular flexibility index (Phi) is 3.99. The van der Waals surface area contributed by atoms with Gasteiger partial charge in [-0.15, -0.1) is 0 Å². The van der Waals surface area contributed by atoms with E-state index >= 15 is 0 Å². The normalized spacial score (nSPS) is 40.0. The predicted molar refractivity (Wildman–Crippen MR) is 80.3 cm³/mol. The third-order valence-corrected chi connectivity index (χ3v) is 4.93. The van der Waals surface area contributed by atoms with Crippen LogP contribution in [0.3, 0.4) is 0 Å². The summed E-state index contributed by atoms with van der Waals surface area (Å²) in [4.78, 5) is 14.6. The second kappa shape index (κ2) is 6.16. The van der Waals surface area contributed by atoms with Gasteiger partial charge in [-0.1, -0.05) is 30.3 Å². The van der Waals surface area contributed by atoms with Gasteiger partial charge in [0.15, 0.2) is 12.6 Å². The number of carbonyl (C=O) groups is 1. The minimum absolute atomic E-state index is 0.0817. The lowest BCUT2D eigenvalue weighted by molar-refractivity contribution is -0.316. The third-order valence-electron chi connectivity index (χ3n) is 4.93. The SMILES string of the molecule is CO[C@H]1O[C@@H]2CO[C@H](c3ccccc3)O[C@H]2[C@@H]2[C@@H](C(=O)N=[N+]=[N-])[C@H]12. The molecule has 1 aliphatic carbocycles. The van der Waals surface area contributed by atoms with Crippen LogP contribution in [0, 0.1) is 17.8 Å². The average molecular weight is 331 g/mol. The van der Waals surface area contributed by atoms with E-state index in [-0.39, 0.29) is 24.0 Å². The summed E-state index contributed by atoms with van der Waals surface area (Å²) in [6.45, 7) is 0.357. The molecule has 1 aromatic carbocycles. The van der Waals surface area contributed by atoms with Gasteiger partial charge in [0.05, 0.1) is 12.7 Å². The first-order chi connectivity index (χ1) is 11.7. The lowest BCUT2D eigenvalue weighted by atomic mass is 10.0. The van der Waals surface area contributed by atoms with Crippen molar-refractivity contribution in [3.8, 4) is 0 Å². The van der Waals surface area contributed by atoms with Crippen molar-refractivity contribution in [3.05, 3.63) is 46.3 Å². The molecule has 1 aromatic rings. The van der Waals surface area contributed by atoms with Gasteiger partial charge in [-0.3, -0.25) is 4.79 Å². The molecule has 0 bridgehead atoms. The lowest BCUT2D eigenvalue weighted by Gasteiger charge is -2.41. The maximum atomic E-state index is 12.0. The van der Waals surface area contributed by atoms with Gasteiger partial charge in [0.1, 0.15) is 6.10 Å². The fraction of sp³-hybridized carbons (Fsp3) is 0.562. The predicted octanol–water partition coefficient (Wildman–Crippen LogP) is 2.17. The molecular formula is C16H17N3O5. The van der Waals surface area contributed by atoms with E-state index in [4.69, 9.17) is 24.5 Å². The standard InChI is InChI=1S/C16H17N3O5/c1-21-16-12-10(11(12)14(20)18-19-17)13-9(23-16)7-22-15(24-13)8-5-3-2-4-6-8/h2-6,9-13,15-16H,7H2,1H3/t9-,10-,11-,12-,13-,15+,16+/m1/s1. The molecule has 0 unspecified atom stereocenters. The molecule has 1 amide bonds. The zero-order valence-corrected chi connectivity index (χ0v) is 13.0. The minimum atomic E-state index is -0.514. The molecule has 8 nitrogen and oxygen atoms in total. The minimum Gasteiger partial charge on any atom is -0.356 e. The first kappa shape index (κ1) is 15.6. The summed E-state index contributed by atoms with van der Waals surface area (Å²) in [6.07, 6.45) is -1.60. The van der Waals surface area contributed by atoms with Crippen molar-refractivity contribution in [2.45, 2.75) is 24.8 Å². The molecule has 126 valence electrons. The molecule has 8 heteroatoms. The number of amides is 1. The van der Waals surface area contributed by atoms with Crippen molar-refractivity contribution < 1.29 is 23.7 Å². The summed E-state index contributed by atoms with van der Waals surface area (Å²) >= 11 is 0. The first-order valence-electron chi connectivity index (χ1n) is 7.84. The highest BCUT2D eigenvalue weighted by Gasteiger charge is 2.68. The number of benzene rings is 1. The molecule has 0 N–H and O–H groups in total. The van der Waals surface area contributed by atoms with Crippen molar-refractivity contribution in [2.24, 2.45) is 22.9 Å². The monoisotopic (exact) mass is 331 g/mol. The summed E-state index contributed by atoms with van der Waals surface area (Å²) in [5, 5.41) is 3.24. The van der Waals surface area contributed by atoms with Gasteiger partial charge < -0.3 is 18.9 Å². The van der Waals surface area contributed by atoms with Gasteiger partial charge in [0.2, 0.25) is 5.91 Å². The van der Waals surface area contributed by atoms with E-state index in [1.165, 1.54) is 7.11 Å². The van der Waals surface area contributed by atoms with Crippen LogP contribution in [0.15, 0.2) is 35.4 Å². The second-order valence-electron chi connectivity index (χ2n) is 6.16. The van der Waals surface area contributed by atoms with E-state index in [0.717, 1.165) is 5.56 Å². The molecule has 1 saturated carbocycles. The number of rotatable bonds is 3. The molecule has 3 aliphatic rings. The lowest BCUT2D eigenvalue weighted by Crippen LogP contribution is -2.49. The molecule has 0 aromatic heterocycles. The number of fused-ring (bicyclic) bond motifs is 3. The maximum absolute atomic E-state index is 12.0. The maximum Gasteiger partial charge on any atom is 0.222 e. The Balaban J connectivity index is 1.56. The van der Waals surface area contributed by atoms with Gasteiger partial charge in [-0.2, -0.15) is 0 Å². The Morgan fingerprint density at radius 3 is 2.79 bits per heavy atom. The van der Waals surface area contributed by atoms with Gasteiger partial charge >= 0.3 is 0 Å². The Morgan fingerprint density at radius 1 is 1.29 bits per heavy atom. The highest BCUT2D eigenvalue weighted by molar-refractivity contribution is 5.83. The molecule has 2 aliphatic heterocycles. The second-order valence-corrected chi connectivity index (χ2v) is 6.16. The number of nitrogens with zero attached hydrogens (tertiary/aromatic N) is 3. The van der Waals surface area contributed by atoms with Gasteiger partial charge in [0.25, 0.3) is 0 Å². The van der Waals surface area contributed by atoms with E-state index in [0.29, 0.717) is 6.61 Å². The highest BCUT2D eigenvalue weighted by Crippen LogP contribution is 2.58. The van der Waals surface area contributed by atoms with E-state index in [1.54, 1.807) is 0 Å². The van der Waals surface area contributed by atoms with E-state index in [9.17, 15) is 4.79 Å². The number of ether oxygens (including phenoxy) is 4. The van der Waals surface area contributed by atoms with Crippen LogP contribution in [0.4, 0.5) is 0 Å². The summed E-state index contributed by atoms with van der Waals surface area (Å²) in [5.74, 6) is -1.13. The topological polar surface area (TPSA) is 103 Å². The van der Waals surface area contributed by atoms with Gasteiger partial charge in [-0.25, -0.2) is 0 Å². The molecule has 24 heavy (non-hydrogen) atoms. The number of methoxy groups -OCH3 is 1. The Morgan fingerprint density at radius 2 is 2.08 bits per heavy atom. The molecule has 0 spiro atoms. The van der Waals surface area contributed by atoms with Crippen LogP contribution in [0.2, 0.25) is 0 Å². The van der Waals surface area contributed by atoms with Crippen molar-refractivity contribution in [2.75, 3.05) is 13.7 Å². The molecule has 2 saturated heterocycles. The largest absolute Gasteiger partial charge is 0.356 e. The molecule has 2 heterocycles. The summed E-state index contributed by atoms with van der Waals surface area (Å²) < 4.78 is 23.1. The van der Waals surface area contributed by atoms with E-state index < -0.39 is 24.4 Å². The van der Waals surface area contributed by atoms with Crippen molar-refractivity contribution in [3.63, 3.8) is 0 Å². The average Bonchev–Trinajstić information content (AvgIpc) is 3.38. The first-order valence-corrected chi connectivity index (χ1v) is 7.84. The van der Waals surface area contributed by atoms with Crippen molar-refractivity contribution in [1.29, 1.82) is 0 Å². The molecular weight excluding hydrogens is 314 g/mol.